The number of benzene rings is 1. The van der Waals surface area contributed by atoms with E-state index in [4.69, 9.17) is 0 Å². The Hall–Kier alpha value is -1.62. The molecule has 0 aliphatic heterocycles. The second kappa shape index (κ2) is 6.22. The van der Waals surface area contributed by atoms with Gasteiger partial charge in [-0.25, -0.2) is 0 Å². The van der Waals surface area contributed by atoms with Gasteiger partial charge in [0.05, 0.1) is 17.5 Å². The van der Waals surface area contributed by atoms with Crippen molar-refractivity contribution in [2.24, 2.45) is 11.8 Å². The normalized spacial score (nSPS) is 21.5. The fraction of sp³-hybridized carbons (Fsp3) is 0.333. The number of rotatable bonds is 3. The van der Waals surface area contributed by atoms with Gasteiger partial charge in [0, 0.05) is 4.47 Å². The third-order valence-corrected chi connectivity index (χ3v) is 4.12. The quantitative estimate of drug-likeness (QED) is 0.831. The highest BCUT2D eigenvalue weighted by molar-refractivity contribution is 9.10. The number of anilines is 1. The van der Waals surface area contributed by atoms with Crippen molar-refractivity contribution in [1.29, 1.82) is 0 Å². The zero-order chi connectivity index (χ0) is 14.7. The first-order chi connectivity index (χ1) is 9.49. The SMILES string of the molecule is Cc1ccc(NC(=O)C2CC=CCC2C(=O)O)c(Br)c1. The highest BCUT2D eigenvalue weighted by atomic mass is 79.9. The van der Waals surface area contributed by atoms with Crippen molar-refractivity contribution in [3.05, 3.63) is 40.4 Å². The summed E-state index contributed by atoms with van der Waals surface area (Å²) in [4.78, 5) is 23.5. The molecule has 2 atom stereocenters. The molecular weight excluding hydrogens is 322 g/mol. The molecule has 0 radical (unpaired) electrons. The Morgan fingerprint density at radius 1 is 1.25 bits per heavy atom. The number of carboxylic acids is 1. The fourth-order valence-electron chi connectivity index (χ4n) is 2.32. The van der Waals surface area contributed by atoms with Crippen LogP contribution in [0.25, 0.3) is 0 Å². The highest BCUT2D eigenvalue weighted by Crippen LogP contribution is 2.29. The maximum atomic E-state index is 12.3. The van der Waals surface area contributed by atoms with Crippen LogP contribution in [0.1, 0.15) is 18.4 Å². The first kappa shape index (κ1) is 14.8. The van der Waals surface area contributed by atoms with E-state index in [9.17, 15) is 14.7 Å². The number of allylic oxidation sites excluding steroid dienone is 2. The second-order valence-electron chi connectivity index (χ2n) is 4.97. The molecule has 0 spiro atoms. The fourth-order valence-corrected chi connectivity index (χ4v) is 2.92. The molecule has 2 unspecified atom stereocenters. The minimum absolute atomic E-state index is 0.244. The third-order valence-electron chi connectivity index (χ3n) is 3.47. The van der Waals surface area contributed by atoms with Crippen molar-refractivity contribution in [3.8, 4) is 0 Å². The van der Waals surface area contributed by atoms with Crippen LogP contribution in [0, 0.1) is 18.8 Å². The molecule has 0 saturated heterocycles. The first-order valence-electron chi connectivity index (χ1n) is 6.44. The van der Waals surface area contributed by atoms with Gasteiger partial charge in [-0.3, -0.25) is 9.59 Å². The van der Waals surface area contributed by atoms with Gasteiger partial charge >= 0.3 is 5.97 Å². The summed E-state index contributed by atoms with van der Waals surface area (Å²) in [5, 5.41) is 12.0. The topological polar surface area (TPSA) is 66.4 Å². The van der Waals surface area contributed by atoms with Gasteiger partial charge < -0.3 is 10.4 Å². The number of carbonyl (C=O) groups excluding carboxylic acids is 1. The van der Waals surface area contributed by atoms with E-state index in [0.717, 1.165) is 10.0 Å². The third kappa shape index (κ3) is 3.28. The predicted molar refractivity (Wildman–Crippen MR) is 80.5 cm³/mol. The molecule has 1 amide bonds. The highest BCUT2D eigenvalue weighted by Gasteiger charge is 2.34. The van der Waals surface area contributed by atoms with E-state index in [-0.39, 0.29) is 5.91 Å². The number of carboxylic acid groups (broad SMARTS) is 1. The van der Waals surface area contributed by atoms with Crippen LogP contribution < -0.4 is 5.32 Å². The van der Waals surface area contributed by atoms with Gasteiger partial charge in [-0.2, -0.15) is 0 Å². The molecule has 1 aromatic carbocycles. The summed E-state index contributed by atoms with van der Waals surface area (Å²) in [6, 6.07) is 5.62. The Morgan fingerprint density at radius 2 is 1.90 bits per heavy atom. The van der Waals surface area contributed by atoms with Crippen LogP contribution in [-0.4, -0.2) is 17.0 Å². The van der Waals surface area contributed by atoms with E-state index < -0.39 is 17.8 Å². The predicted octanol–water partition coefficient (Wildman–Crippen LogP) is 3.36. The number of carbonyl (C=O) groups is 2. The van der Waals surface area contributed by atoms with Crippen LogP contribution in [0.5, 0.6) is 0 Å². The van der Waals surface area contributed by atoms with E-state index in [0.29, 0.717) is 18.5 Å². The Morgan fingerprint density at radius 3 is 2.50 bits per heavy atom. The van der Waals surface area contributed by atoms with E-state index in [2.05, 4.69) is 21.2 Å². The lowest BCUT2D eigenvalue weighted by Gasteiger charge is -2.24. The van der Waals surface area contributed by atoms with Gasteiger partial charge in [-0.15, -0.1) is 0 Å². The summed E-state index contributed by atoms with van der Waals surface area (Å²) in [7, 11) is 0. The maximum absolute atomic E-state index is 12.3. The van der Waals surface area contributed by atoms with Crippen LogP contribution >= 0.6 is 15.9 Å². The molecule has 1 aliphatic rings. The van der Waals surface area contributed by atoms with E-state index in [1.165, 1.54) is 0 Å². The average molecular weight is 338 g/mol. The minimum atomic E-state index is -0.919. The number of halogens is 1. The van der Waals surface area contributed by atoms with Crippen molar-refractivity contribution in [2.45, 2.75) is 19.8 Å². The largest absolute Gasteiger partial charge is 0.481 e. The maximum Gasteiger partial charge on any atom is 0.307 e. The Balaban J connectivity index is 2.14. The molecule has 0 fully saturated rings. The van der Waals surface area contributed by atoms with Crippen molar-refractivity contribution in [1.82, 2.24) is 0 Å². The Labute approximate surface area is 126 Å². The van der Waals surface area contributed by atoms with Gasteiger partial charge in [0.1, 0.15) is 0 Å². The van der Waals surface area contributed by atoms with Gasteiger partial charge in [-0.05, 0) is 53.4 Å². The Bertz CT molecular complexity index is 568. The summed E-state index contributed by atoms with van der Waals surface area (Å²) in [6.45, 7) is 1.96. The molecule has 2 N–H and O–H groups in total. The van der Waals surface area contributed by atoms with Gasteiger partial charge in [0.15, 0.2) is 0 Å². The number of aryl methyl sites for hydroxylation is 1. The number of amides is 1. The van der Waals surface area contributed by atoms with Crippen LogP contribution in [0.4, 0.5) is 5.69 Å². The van der Waals surface area contributed by atoms with Crippen molar-refractivity contribution in [3.63, 3.8) is 0 Å². The lowest BCUT2D eigenvalue weighted by atomic mass is 9.82. The zero-order valence-corrected chi connectivity index (χ0v) is 12.7. The summed E-state index contributed by atoms with van der Waals surface area (Å²) >= 11 is 3.40. The molecule has 0 saturated carbocycles. The van der Waals surface area contributed by atoms with Crippen molar-refractivity contribution >= 4 is 33.5 Å². The van der Waals surface area contributed by atoms with Gasteiger partial charge in [-0.1, -0.05) is 18.2 Å². The molecule has 106 valence electrons. The summed E-state index contributed by atoms with van der Waals surface area (Å²) in [5.41, 5.74) is 1.75. The number of nitrogens with one attached hydrogen (secondary N) is 1. The standard InChI is InChI=1S/C15H16BrNO3/c1-9-6-7-13(12(16)8-9)17-14(18)10-4-2-3-5-11(10)15(19)20/h2-3,6-8,10-11H,4-5H2,1H3,(H,17,18)(H,19,20). The van der Waals surface area contributed by atoms with Crippen molar-refractivity contribution < 1.29 is 14.7 Å². The zero-order valence-electron chi connectivity index (χ0n) is 11.1. The van der Waals surface area contributed by atoms with E-state index >= 15 is 0 Å². The molecule has 4 nitrogen and oxygen atoms in total. The van der Waals surface area contributed by atoms with E-state index in [1.807, 2.05) is 37.3 Å². The molecule has 0 heterocycles. The molecule has 5 heteroatoms. The minimum Gasteiger partial charge on any atom is -0.481 e. The van der Waals surface area contributed by atoms with Crippen molar-refractivity contribution in [2.75, 3.05) is 5.32 Å². The first-order valence-corrected chi connectivity index (χ1v) is 7.23. The number of hydrogen-bond acceptors (Lipinski definition) is 2. The van der Waals surface area contributed by atoms with Crippen LogP contribution in [0.3, 0.4) is 0 Å². The number of aliphatic carboxylic acids is 1. The number of hydrogen-bond donors (Lipinski definition) is 2. The van der Waals surface area contributed by atoms with Gasteiger partial charge in [0.2, 0.25) is 5.91 Å². The average Bonchev–Trinajstić information content (AvgIpc) is 2.41. The molecule has 20 heavy (non-hydrogen) atoms. The molecule has 1 aromatic rings. The second-order valence-corrected chi connectivity index (χ2v) is 5.82. The Kier molecular flexibility index (Phi) is 4.60. The molecule has 2 rings (SSSR count). The summed E-state index contributed by atoms with van der Waals surface area (Å²) in [5.74, 6) is -2.33. The lowest BCUT2D eigenvalue weighted by Crippen LogP contribution is -2.34. The smallest absolute Gasteiger partial charge is 0.307 e. The monoisotopic (exact) mass is 337 g/mol. The molecular formula is C15H16BrNO3. The molecule has 0 bridgehead atoms. The van der Waals surface area contributed by atoms with E-state index in [1.54, 1.807) is 0 Å². The van der Waals surface area contributed by atoms with Gasteiger partial charge in [0.25, 0.3) is 0 Å². The van der Waals surface area contributed by atoms with Crippen LogP contribution in [-0.2, 0) is 9.59 Å². The summed E-state index contributed by atoms with van der Waals surface area (Å²) < 4.78 is 0.795. The molecule has 0 aromatic heterocycles. The van der Waals surface area contributed by atoms with Crippen LogP contribution in [0.15, 0.2) is 34.8 Å². The van der Waals surface area contributed by atoms with Crippen LogP contribution in [0.2, 0.25) is 0 Å². The molecule has 1 aliphatic carbocycles. The summed E-state index contributed by atoms with van der Waals surface area (Å²) in [6.07, 6.45) is 4.56. The lowest BCUT2D eigenvalue weighted by molar-refractivity contribution is -0.146.